The summed E-state index contributed by atoms with van der Waals surface area (Å²) in [5.74, 6) is -0.390. The van der Waals surface area contributed by atoms with Gasteiger partial charge in [0.05, 0.1) is 18.4 Å². The summed E-state index contributed by atoms with van der Waals surface area (Å²) in [5, 5.41) is 25.7. The van der Waals surface area contributed by atoms with Crippen molar-refractivity contribution in [2.75, 3.05) is 6.61 Å². The number of hydrazone groups is 1. The van der Waals surface area contributed by atoms with Crippen molar-refractivity contribution < 1.29 is 19.7 Å². The summed E-state index contributed by atoms with van der Waals surface area (Å²) in [6.45, 7) is 2.24. The molecule has 0 fully saturated rings. The second-order valence-electron chi connectivity index (χ2n) is 5.54. The topological polar surface area (TPSA) is 91.2 Å². The Kier molecular flexibility index (Phi) is 5.03. The molecule has 132 valence electrons. The van der Waals surface area contributed by atoms with Crippen LogP contribution in [-0.2, 0) is 0 Å². The number of para-hydroxylation sites is 1. The van der Waals surface area contributed by atoms with Crippen LogP contribution in [0.3, 0.4) is 0 Å². The van der Waals surface area contributed by atoms with Crippen molar-refractivity contribution >= 4 is 22.9 Å². The number of aromatic hydroxyl groups is 2. The third kappa shape index (κ3) is 3.59. The van der Waals surface area contributed by atoms with Crippen LogP contribution in [-0.4, -0.2) is 28.9 Å². The third-order valence-electron chi connectivity index (χ3n) is 3.81. The number of carbonyl (C=O) groups excluding carboxylic acids is 1. The van der Waals surface area contributed by atoms with Gasteiger partial charge in [-0.3, -0.25) is 4.79 Å². The molecule has 0 spiro atoms. The van der Waals surface area contributed by atoms with Crippen molar-refractivity contribution in [1.82, 2.24) is 5.43 Å². The molecule has 0 atom stereocenters. The molecule has 0 unspecified atom stereocenters. The van der Waals surface area contributed by atoms with Crippen LogP contribution in [0, 0.1) is 0 Å². The predicted molar refractivity (Wildman–Crippen MR) is 99.9 cm³/mol. The number of ether oxygens (including phenoxy) is 1. The van der Waals surface area contributed by atoms with E-state index in [1.54, 1.807) is 24.3 Å². The Morgan fingerprint density at radius 3 is 2.58 bits per heavy atom. The number of phenols is 2. The molecule has 6 heteroatoms. The van der Waals surface area contributed by atoms with Crippen LogP contribution >= 0.6 is 0 Å². The van der Waals surface area contributed by atoms with Gasteiger partial charge in [-0.05, 0) is 42.0 Å². The number of fused-ring (bicyclic) bond motifs is 1. The molecule has 0 saturated carbocycles. The lowest BCUT2D eigenvalue weighted by molar-refractivity contribution is 0.0952. The van der Waals surface area contributed by atoms with Crippen LogP contribution in [0.1, 0.15) is 22.8 Å². The Morgan fingerprint density at radius 2 is 1.85 bits per heavy atom. The van der Waals surface area contributed by atoms with Crippen molar-refractivity contribution in [3.63, 3.8) is 0 Å². The van der Waals surface area contributed by atoms with Gasteiger partial charge in [0.25, 0.3) is 5.91 Å². The summed E-state index contributed by atoms with van der Waals surface area (Å²) in [6, 6.07) is 15.5. The number of rotatable bonds is 5. The molecular weight excluding hydrogens is 332 g/mol. The molecule has 26 heavy (non-hydrogen) atoms. The number of phenolic OH excluding ortho intramolecular Hbond substituents is 2. The van der Waals surface area contributed by atoms with Gasteiger partial charge in [0.2, 0.25) is 0 Å². The minimum absolute atomic E-state index is 0.0547. The maximum Gasteiger partial charge on any atom is 0.275 e. The van der Waals surface area contributed by atoms with Gasteiger partial charge in [0.15, 0.2) is 11.5 Å². The van der Waals surface area contributed by atoms with Crippen LogP contribution in [0.2, 0.25) is 0 Å². The van der Waals surface area contributed by atoms with Crippen molar-refractivity contribution in [1.29, 1.82) is 0 Å². The summed E-state index contributed by atoms with van der Waals surface area (Å²) in [6.07, 6.45) is 1.31. The van der Waals surface area contributed by atoms with Crippen LogP contribution < -0.4 is 10.2 Å². The van der Waals surface area contributed by atoms with Gasteiger partial charge in [-0.25, -0.2) is 5.43 Å². The summed E-state index contributed by atoms with van der Waals surface area (Å²) in [4.78, 5) is 12.3. The molecule has 3 rings (SSSR count). The molecule has 3 aromatic carbocycles. The first kappa shape index (κ1) is 17.3. The van der Waals surface area contributed by atoms with E-state index in [0.717, 1.165) is 10.8 Å². The Bertz CT molecular complexity index is 983. The number of amides is 1. The number of nitrogens with zero attached hydrogens (tertiary/aromatic N) is 1. The van der Waals surface area contributed by atoms with Crippen LogP contribution in [0.4, 0.5) is 0 Å². The number of benzene rings is 3. The van der Waals surface area contributed by atoms with Crippen molar-refractivity contribution in [3.05, 3.63) is 65.7 Å². The summed E-state index contributed by atoms with van der Waals surface area (Å²) in [7, 11) is 0. The molecule has 0 heterocycles. The number of hydrogen-bond acceptors (Lipinski definition) is 5. The molecule has 6 nitrogen and oxygen atoms in total. The van der Waals surface area contributed by atoms with Gasteiger partial charge in [-0.2, -0.15) is 5.10 Å². The van der Waals surface area contributed by atoms with Crippen molar-refractivity contribution in [2.45, 2.75) is 6.92 Å². The molecule has 0 aromatic heterocycles. The second kappa shape index (κ2) is 7.57. The van der Waals surface area contributed by atoms with E-state index in [1.807, 2.05) is 31.2 Å². The van der Waals surface area contributed by atoms with Gasteiger partial charge < -0.3 is 14.9 Å². The average molecular weight is 350 g/mol. The highest BCUT2D eigenvalue weighted by Crippen LogP contribution is 2.28. The van der Waals surface area contributed by atoms with Crippen LogP contribution in [0.5, 0.6) is 17.2 Å². The molecule has 0 saturated heterocycles. The normalized spacial score (nSPS) is 11.0. The first-order valence-corrected chi connectivity index (χ1v) is 8.10. The molecule has 0 aliphatic rings. The predicted octanol–water partition coefficient (Wildman–Crippen LogP) is 3.41. The van der Waals surface area contributed by atoms with E-state index in [-0.39, 0.29) is 17.1 Å². The smallest absolute Gasteiger partial charge is 0.275 e. The minimum Gasteiger partial charge on any atom is -0.507 e. The maximum atomic E-state index is 12.3. The molecule has 0 radical (unpaired) electrons. The Balaban J connectivity index is 1.78. The molecule has 0 bridgehead atoms. The number of hydrogen-bond donors (Lipinski definition) is 3. The number of nitrogens with one attached hydrogen (secondary N) is 1. The first-order chi connectivity index (χ1) is 12.6. The summed E-state index contributed by atoms with van der Waals surface area (Å²) in [5.41, 5.74) is 2.87. The van der Waals surface area contributed by atoms with Gasteiger partial charge in [-0.15, -0.1) is 0 Å². The molecule has 3 N–H and O–H groups in total. The molecule has 3 aromatic rings. The van der Waals surface area contributed by atoms with Gasteiger partial charge in [0, 0.05) is 5.56 Å². The lowest BCUT2D eigenvalue weighted by Crippen LogP contribution is -2.17. The SMILES string of the molecule is CCOc1cccc(/C=N/NC(=O)c2cc3ccccc3cc2O)c1O. The van der Waals surface area contributed by atoms with E-state index in [0.29, 0.717) is 17.9 Å². The molecular formula is C20H18N2O4. The van der Waals surface area contributed by atoms with E-state index >= 15 is 0 Å². The van der Waals surface area contributed by atoms with Crippen molar-refractivity contribution in [3.8, 4) is 17.2 Å². The molecule has 1 amide bonds. The average Bonchev–Trinajstić information content (AvgIpc) is 2.64. The van der Waals surface area contributed by atoms with Gasteiger partial charge >= 0.3 is 0 Å². The highest BCUT2D eigenvalue weighted by molar-refractivity contribution is 6.01. The van der Waals surface area contributed by atoms with E-state index in [9.17, 15) is 15.0 Å². The Morgan fingerprint density at radius 1 is 1.12 bits per heavy atom. The molecule has 0 aliphatic heterocycles. The van der Waals surface area contributed by atoms with E-state index in [1.165, 1.54) is 12.3 Å². The van der Waals surface area contributed by atoms with Gasteiger partial charge in [-0.1, -0.05) is 30.3 Å². The fourth-order valence-corrected chi connectivity index (χ4v) is 2.55. The minimum atomic E-state index is -0.551. The fourth-order valence-electron chi connectivity index (χ4n) is 2.55. The zero-order valence-electron chi connectivity index (χ0n) is 14.1. The van der Waals surface area contributed by atoms with E-state index in [4.69, 9.17) is 4.74 Å². The number of carbonyl (C=O) groups is 1. The van der Waals surface area contributed by atoms with E-state index < -0.39 is 5.91 Å². The fraction of sp³-hybridized carbons (Fsp3) is 0.100. The van der Waals surface area contributed by atoms with E-state index in [2.05, 4.69) is 10.5 Å². The lowest BCUT2D eigenvalue weighted by Gasteiger charge is -2.07. The van der Waals surface area contributed by atoms with Crippen LogP contribution in [0.25, 0.3) is 10.8 Å². The highest BCUT2D eigenvalue weighted by atomic mass is 16.5. The van der Waals surface area contributed by atoms with Crippen LogP contribution in [0.15, 0.2) is 59.7 Å². The monoisotopic (exact) mass is 350 g/mol. The second-order valence-corrected chi connectivity index (χ2v) is 5.54. The summed E-state index contributed by atoms with van der Waals surface area (Å²) < 4.78 is 5.30. The zero-order valence-corrected chi connectivity index (χ0v) is 14.1. The van der Waals surface area contributed by atoms with Crippen molar-refractivity contribution in [2.24, 2.45) is 5.10 Å². The standard InChI is InChI=1S/C20H18N2O4/c1-2-26-18-9-5-8-15(19(18)24)12-21-22-20(25)16-10-13-6-3-4-7-14(13)11-17(16)23/h3-12,23-24H,2H2,1H3,(H,22,25)/b21-12+. The lowest BCUT2D eigenvalue weighted by atomic mass is 10.1. The quantitative estimate of drug-likeness (QED) is 0.486. The van der Waals surface area contributed by atoms with Gasteiger partial charge in [0.1, 0.15) is 5.75 Å². The molecule has 0 aliphatic carbocycles. The third-order valence-corrected chi connectivity index (χ3v) is 3.81. The first-order valence-electron chi connectivity index (χ1n) is 8.10. The highest BCUT2D eigenvalue weighted by Gasteiger charge is 2.12. The maximum absolute atomic E-state index is 12.3. The Hall–Kier alpha value is -3.54. The zero-order chi connectivity index (χ0) is 18.5. The summed E-state index contributed by atoms with van der Waals surface area (Å²) >= 11 is 0. The largest absolute Gasteiger partial charge is 0.507 e. The Labute approximate surface area is 150 Å².